The van der Waals surface area contributed by atoms with E-state index in [1.807, 2.05) is 36.4 Å². The SMILES string of the molecule is CCNC(CC)c1ccc(-c2ccc(Cl)cc2)o1. The molecule has 0 aliphatic rings. The van der Waals surface area contributed by atoms with E-state index in [2.05, 4.69) is 19.2 Å². The smallest absolute Gasteiger partial charge is 0.134 e. The summed E-state index contributed by atoms with van der Waals surface area (Å²) in [4.78, 5) is 0. The van der Waals surface area contributed by atoms with Gasteiger partial charge in [-0.2, -0.15) is 0 Å². The number of furan rings is 1. The summed E-state index contributed by atoms with van der Waals surface area (Å²) < 4.78 is 5.91. The number of rotatable bonds is 5. The lowest BCUT2D eigenvalue weighted by atomic mass is 10.1. The van der Waals surface area contributed by atoms with Gasteiger partial charge in [-0.1, -0.05) is 25.4 Å². The summed E-state index contributed by atoms with van der Waals surface area (Å²) in [5, 5.41) is 4.15. The van der Waals surface area contributed by atoms with Crippen LogP contribution < -0.4 is 5.32 Å². The van der Waals surface area contributed by atoms with E-state index in [9.17, 15) is 0 Å². The van der Waals surface area contributed by atoms with Gasteiger partial charge in [-0.05, 0) is 49.4 Å². The van der Waals surface area contributed by atoms with Crippen molar-refractivity contribution in [3.63, 3.8) is 0 Å². The Kier molecular flexibility index (Phi) is 4.45. The third-order valence-corrected chi connectivity index (χ3v) is 3.21. The predicted octanol–water partition coefficient (Wildman–Crippen LogP) is 4.66. The van der Waals surface area contributed by atoms with Crippen LogP contribution in [0.5, 0.6) is 0 Å². The van der Waals surface area contributed by atoms with Gasteiger partial charge in [-0.3, -0.25) is 0 Å². The highest BCUT2D eigenvalue weighted by Crippen LogP contribution is 2.27. The van der Waals surface area contributed by atoms with Gasteiger partial charge in [-0.15, -0.1) is 0 Å². The molecule has 1 aromatic carbocycles. The Labute approximate surface area is 113 Å². The van der Waals surface area contributed by atoms with E-state index in [0.29, 0.717) is 0 Å². The van der Waals surface area contributed by atoms with Gasteiger partial charge in [0.25, 0.3) is 0 Å². The molecule has 1 aromatic heterocycles. The fourth-order valence-electron chi connectivity index (χ4n) is 2.00. The highest BCUT2D eigenvalue weighted by Gasteiger charge is 2.13. The number of benzene rings is 1. The fraction of sp³-hybridized carbons (Fsp3) is 0.333. The second-order valence-electron chi connectivity index (χ2n) is 4.23. The minimum atomic E-state index is 0.288. The van der Waals surface area contributed by atoms with Crippen LogP contribution in [0.2, 0.25) is 5.02 Å². The molecule has 96 valence electrons. The summed E-state index contributed by atoms with van der Waals surface area (Å²) in [6.07, 6.45) is 1.02. The zero-order valence-corrected chi connectivity index (χ0v) is 11.5. The van der Waals surface area contributed by atoms with Crippen LogP contribution in [0.4, 0.5) is 0 Å². The van der Waals surface area contributed by atoms with Gasteiger partial charge in [-0.25, -0.2) is 0 Å². The predicted molar refractivity (Wildman–Crippen MR) is 75.9 cm³/mol. The second kappa shape index (κ2) is 6.07. The Morgan fingerprint density at radius 1 is 1.11 bits per heavy atom. The van der Waals surface area contributed by atoms with E-state index in [1.165, 1.54) is 0 Å². The molecule has 0 bridgehead atoms. The molecular weight excluding hydrogens is 246 g/mol. The van der Waals surface area contributed by atoms with Crippen LogP contribution in [-0.4, -0.2) is 6.54 Å². The van der Waals surface area contributed by atoms with Crippen molar-refractivity contribution in [2.45, 2.75) is 26.3 Å². The first kappa shape index (κ1) is 13.2. The van der Waals surface area contributed by atoms with Crippen molar-refractivity contribution in [3.8, 4) is 11.3 Å². The number of hydrogen-bond acceptors (Lipinski definition) is 2. The lowest BCUT2D eigenvalue weighted by Crippen LogP contribution is -2.19. The summed E-state index contributed by atoms with van der Waals surface area (Å²) in [5.41, 5.74) is 1.05. The zero-order valence-electron chi connectivity index (χ0n) is 10.7. The molecular formula is C15H18ClNO. The molecule has 2 aromatic rings. The monoisotopic (exact) mass is 263 g/mol. The molecule has 0 aliphatic carbocycles. The summed E-state index contributed by atoms with van der Waals surface area (Å²) in [7, 11) is 0. The van der Waals surface area contributed by atoms with E-state index in [0.717, 1.165) is 35.1 Å². The molecule has 1 heterocycles. The van der Waals surface area contributed by atoms with Crippen molar-refractivity contribution in [2.75, 3.05) is 6.54 Å². The van der Waals surface area contributed by atoms with E-state index < -0.39 is 0 Å². The second-order valence-corrected chi connectivity index (χ2v) is 4.66. The molecule has 1 unspecified atom stereocenters. The third-order valence-electron chi connectivity index (χ3n) is 2.96. The van der Waals surface area contributed by atoms with Crippen molar-refractivity contribution >= 4 is 11.6 Å². The van der Waals surface area contributed by atoms with Gasteiger partial charge in [0.2, 0.25) is 0 Å². The quantitative estimate of drug-likeness (QED) is 0.849. The van der Waals surface area contributed by atoms with Crippen LogP contribution in [0.25, 0.3) is 11.3 Å². The molecule has 18 heavy (non-hydrogen) atoms. The molecule has 1 atom stereocenters. The number of nitrogens with one attached hydrogen (secondary N) is 1. The topological polar surface area (TPSA) is 25.2 Å². The minimum absolute atomic E-state index is 0.288. The summed E-state index contributed by atoms with van der Waals surface area (Å²) in [5.74, 6) is 1.88. The molecule has 0 saturated carbocycles. The van der Waals surface area contributed by atoms with E-state index in [-0.39, 0.29) is 6.04 Å². The normalized spacial score (nSPS) is 12.6. The number of halogens is 1. The standard InChI is InChI=1S/C15H18ClNO/c1-3-13(17-4-2)15-10-9-14(18-15)11-5-7-12(16)8-6-11/h5-10,13,17H,3-4H2,1-2H3. The van der Waals surface area contributed by atoms with Gasteiger partial charge in [0.1, 0.15) is 11.5 Å². The maximum absolute atomic E-state index is 5.91. The Morgan fingerprint density at radius 2 is 1.83 bits per heavy atom. The molecule has 0 spiro atoms. The first-order chi connectivity index (χ1) is 8.74. The van der Waals surface area contributed by atoms with Crippen molar-refractivity contribution in [1.82, 2.24) is 5.32 Å². The van der Waals surface area contributed by atoms with Gasteiger partial charge in [0.15, 0.2) is 0 Å². The zero-order chi connectivity index (χ0) is 13.0. The van der Waals surface area contributed by atoms with Crippen LogP contribution in [0.3, 0.4) is 0 Å². The lowest BCUT2D eigenvalue weighted by Gasteiger charge is -2.12. The van der Waals surface area contributed by atoms with Crippen LogP contribution in [0, 0.1) is 0 Å². The van der Waals surface area contributed by atoms with Crippen molar-refractivity contribution < 1.29 is 4.42 Å². The van der Waals surface area contributed by atoms with Crippen LogP contribution in [-0.2, 0) is 0 Å². The summed E-state index contributed by atoms with van der Waals surface area (Å²) in [6.45, 7) is 5.19. The number of hydrogen-bond donors (Lipinski definition) is 1. The van der Waals surface area contributed by atoms with Crippen LogP contribution in [0.15, 0.2) is 40.8 Å². The Hall–Kier alpha value is -1.25. The van der Waals surface area contributed by atoms with Crippen LogP contribution in [0.1, 0.15) is 32.1 Å². The maximum Gasteiger partial charge on any atom is 0.134 e. The Morgan fingerprint density at radius 3 is 2.44 bits per heavy atom. The molecule has 2 nitrogen and oxygen atoms in total. The highest BCUT2D eigenvalue weighted by molar-refractivity contribution is 6.30. The summed E-state index contributed by atoms with van der Waals surface area (Å²) >= 11 is 5.88. The van der Waals surface area contributed by atoms with Crippen LogP contribution >= 0.6 is 11.6 Å². The first-order valence-corrected chi connectivity index (χ1v) is 6.71. The molecule has 0 amide bonds. The molecule has 0 saturated heterocycles. The Bertz CT molecular complexity index is 489. The molecule has 3 heteroatoms. The highest BCUT2D eigenvalue weighted by atomic mass is 35.5. The lowest BCUT2D eigenvalue weighted by molar-refractivity contribution is 0.417. The minimum Gasteiger partial charge on any atom is -0.459 e. The average Bonchev–Trinajstić information content (AvgIpc) is 2.86. The molecule has 0 fully saturated rings. The molecule has 0 aliphatic heterocycles. The molecule has 1 N–H and O–H groups in total. The fourth-order valence-corrected chi connectivity index (χ4v) is 2.13. The van der Waals surface area contributed by atoms with E-state index in [1.54, 1.807) is 0 Å². The van der Waals surface area contributed by atoms with Gasteiger partial charge < -0.3 is 9.73 Å². The maximum atomic E-state index is 5.91. The van der Waals surface area contributed by atoms with Crippen molar-refractivity contribution in [3.05, 3.63) is 47.2 Å². The van der Waals surface area contributed by atoms with Gasteiger partial charge in [0, 0.05) is 10.6 Å². The first-order valence-electron chi connectivity index (χ1n) is 6.33. The van der Waals surface area contributed by atoms with Gasteiger partial charge in [0.05, 0.1) is 6.04 Å². The van der Waals surface area contributed by atoms with E-state index in [4.69, 9.17) is 16.0 Å². The average molecular weight is 264 g/mol. The Balaban J connectivity index is 2.21. The van der Waals surface area contributed by atoms with Gasteiger partial charge >= 0.3 is 0 Å². The summed E-state index contributed by atoms with van der Waals surface area (Å²) in [6, 6.07) is 12.0. The van der Waals surface area contributed by atoms with Crippen molar-refractivity contribution in [2.24, 2.45) is 0 Å². The largest absolute Gasteiger partial charge is 0.459 e. The third kappa shape index (κ3) is 2.95. The van der Waals surface area contributed by atoms with E-state index >= 15 is 0 Å². The molecule has 0 radical (unpaired) electrons. The van der Waals surface area contributed by atoms with Crippen molar-refractivity contribution in [1.29, 1.82) is 0 Å². The molecule has 2 rings (SSSR count).